The van der Waals surface area contributed by atoms with Crippen LogP contribution in [0.5, 0.6) is 0 Å². The molecule has 0 aromatic heterocycles. The summed E-state index contributed by atoms with van der Waals surface area (Å²) in [5, 5.41) is 0. The van der Waals surface area contributed by atoms with E-state index in [0.29, 0.717) is 0 Å². The van der Waals surface area contributed by atoms with E-state index in [-0.39, 0.29) is 0 Å². The first kappa shape index (κ1) is 10.3. The van der Waals surface area contributed by atoms with Gasteiger partial charge in [0.1, 0.15) is 0 Å². The van der Waals surface area contributed by atoms with Gasteiger partial charge in [-0.25, -0.2) is 0 Å². The lowest BCUT2D eigenvalue weighted by atomic mass is 10.2. The molecule has 0 radical (unpaired) electrons. The Morgan fingerprint density at radius 2 is 1.91 bits per heavy atom. The van der Waals surface area contributed by atoms with Crippen LogP contribution >= 0.6 is 0 Å². The molecule has 0 aromatic carbocycles. The minimum absolute atomic E-state index is 0.849. The molecule has 0 saturated heterocycles. The molecule has 0 aliphatic heterocycles. The van der Waals surface area contributed by atoms with Crippen LogP contribution < -0.4 is 0 Å². The summed E-state index contributed by atoms with van der Waals surface area (Å²) >= 11 is 0. The van der Waals surface area contributed by atoms with Gasteiger partial charge in [-0.3, -0.25) is 0 Å². The zero-order valence-electron chi connectivity index (χ0n) is 7.55. The summed E-state index contributed by atoms with van der Waals surface area (Å²) < 4.78 is 5.16. The Balaban J connectivity index is 2.90. The fourth-order valence-corrected chi connectivity index (χ4v) is 0.779. The number of hydrogen-bond donors (Lipinski definition) is 0. The molecule has 0 saturated carbocycles. The third kappa shape index (κ3) is 9.28. The lowest BCUT2D eigenvalue weighted by molar-refractivity contribution is 0.242. The molecule has 0 aromatic rings. The van der Waals surface area contributed by atoms with E-state index in [1.807, 2.05) is 13.0 Å². The molecule has 64 valence electrons. The molecule has 1 nitrogen and oxygen atoms in total. The standard InChI is InChI=1S/C10H18O/c1-3-5-6-7-8-10-11-9-4-2/h3-5,9H,6-8,10H2,1-2H3/b5-3+,9-4+. The molecule has 0 heterocycles. The third-order valence-electron chi connectivity index (χ3n) is 1.35. The van der Waals surface area contributed by atoms with Gasteiger partial charge in [0, 0.05) is 0 Å². The lowest BCUT2D eigenvalue weighted by Gasteiger charge is -1.97. The monoisotopic (exact) mass is 154 g/mol. The fraction of sp³-hybridized carbons (Fsp3) is 0.600. The minimum atomic E-state index is 0.849. The average molecular weight is 154 g/mol. The van der Waals surface area contributed by atoms with Crippen molar-refractivity contribution in [2.24, 2.45) is 0 Å². The van der Waals surface area contributed by atoms with Gasteiger partial charge in [-0.05, 0) is 33.1 Å². The SMILES string of the molecule is C/C=C/CCCCO/C=C/C. The molecule has 0 aliphatic rings. The van der Waals surface area contributed by atoms with Crippen molar-refractivity contribution in [1.29, 1.82) is 0 Å². The number of allylic oxidation sites excluding steroid dienone is 3. The number of hydrogen-bond acceptors (Lipinski definition) is 1. The first-order chi connectivity index (χ1) is 5.41. The molecule has 0 atom stereocenters. The van der Waals surface area contributed by atoms with Gasteiger partial charge in [-0.1, -0.05) is 18.2 Å². The van der Waals surface area contributed by atoms with E-state index in [1.165, 1.54) is 12.8 Å². The first-order valence-corrected chi connectivity index (χ1v) is 4.25. The van der Waals surface area contributed by atoms with Crippen molar-refractivity contribution in [3.63, 3.8) is 0 Å². The van der Waals surface area contributed by atoms with Crippen LogP contribution in [0.4, 0.5) is 0 Å². The zero-order chi connectivity index (χ0) is 8.36. The third-order valence-corrected chi connectivity index (χ3v) is 1.35. The maximum absolute atomic E-state index is 5.16. The Labute approximate surface area is 69.8 Å². The highest BCUT2D eigenvalue weighted by molar-refractivity contribution is 4.76. The van der Waals surface area contributed by atoms with Gasteiger partial charge >= 0.3 is 0 Å². The number of rotatable bonds is 6. The predicted molar refractivity (Wildman–Crippen MR) is 49.4 cm³/mol. The van der Waals surface area contributed by atoms with Crippen LogP contribution in [0.3, 0.4) is 0 Å². The van der Waals surface area contributed by atoms with Crippen LogP contribution in [0.1, 0.15) is 33.1 Å². The van der Waals surface area contributed by atoms with Crippen LogP contribution in [-0.4, -0.2) is 6.61 Å². The molecule has 0 rings (SSSR count). The summed E-state index contributed by atoms with van der Waals surface area (Å²) in [4.78, 5) is 0. The van der Waals surface area contributed by atoms with Gasteiger partial charge in [-0.2, -0.15) is 0 Å². The largest absolute Gasteiger partial charge is 0.502 e. The zero-order valence-corrected chi connectivity index (χ0v) is 7.55. The van der Waals surface area contributed by atoms with Gasteiger partial charge in [0.05, 0.1) is 12.9 Å². The second-order valence-electron chi connectivity index (χ2n) is 2.41. The van der Waals surface area contributed by atoms with Crippen molar-refractivity contribution < 1.29 is 4.74 Å². The van der Waals surface area contributed by atoms with Crippen LogP contribution in [0, 0.1) is 0 Å². The molecule has 1 heteroatoms. The predicted octanol–water partition coefficient (Wildman–Crippen LogP) is 3.28. The molecule has 11 heavy (non-hydrogen) atoms. The van der Waals surface area contributed by atoms with E-state index in [1.54, 1.807) is 6.26 Å². The Hall–Kier alpha value is -0.720. The normalized spacial score (nSPS) is 11.5. The molecular formula is C10H18O. The van der Waals surface area contributed by atoms with Crippen LogP contribution in [0.15, 0.2) is 24.5 Å². The van der Waals surface area contributed by atoms with Gasteiger partial charge in [-0.15, -0.1) is 0 Å². The van der Waals surface area contributed by atoms with Crippen molar-refractivity contribution in [3.8, 4) is 0 Å². The Kier molecular flexibility index (Phi) is 8.67. The van der Waals surface area contributed by atoms with Gasteiger partial charge in [0.15, 0.2) is 0 Å². The maximum atomic E-state index is 5.16. The van der Waals surface area contributed by atoms with E-state index < -0.39 is 0 Å². The van der Waals surface area contributed by atoms with Crippen LogP contribution in [0.2, 0.25) is 0 Å². The van der Waals surface area contributed by atoms with Gasteiger partial charge in [0.25, 0.3) is 0 Å². The highest BCUT2D eigenvalue weighted by atomic mass is 16.5. The number of unbranched alkanes of at least 4 members (excludes halogenated alkanes) is 2. The summed E-state index contributed by atoms with van der Waals surface area (Å²) in [7, 11) is 0. The van der Waals surface area contributed by atoms with E-state index in [2.05, 4.69) is 19.1 Å². The topological polar surface area (TPSA) is 9.23 Å². The highest BCUT2D eigenvalue weighted by Crippen LogP contribution is 1.96. The number of ether oxygens (including phenoxy) is 1. The van der Waals surface area contributed by atoms with E-state index >= 15 is 0 Å². The van der Waals surface area contributed by atoms with E-state index in [4.69, 9.17) is 4.74 Å². The van der Waals surface area contributed by atoms with Crippen LogP contribution in [-0.2, 0) is 4.74 Å². The van der Waals surface area contributed by atoms with Gasteiger partial charge in [0.2, 0.25) is 0 Å². The lowest BCUT2D eigenvalue weighted by Crippen LogP contribution is -1.86. The minimum Gasteiger partial charge on any atom is -0.502 e. The molecule has 0 spiro atoms. The van der Waals surface area contributed by atoms with Crippen molar-refractivity contribution >= 4 is 0 Å². The molecular weight excluding hydrogens is 136 g/mol. The molecule has 0 amide bonds. The molecule has 0 aliphatic carbocycles. The smallest absolute Gasteiger partial charge is 0.0873 e. The van der Waals surface area contributed by atoms with Crippen molar-refractivity contribution in [2.45, 2.75) is 33.1 Å². The summed E-state index contributed by atoms with van der Waals surface area (Å²) in [5.41, 5.74) is 0. The Morgan fingerprint density at radius 1 is 1.09 bits per heavy atom. The molecule has 0 unspecified atom stereocenters. The first-order valence-electron chi connectivity index (χ1n) is 4.25. The van der Waals surface area contributed by atoms with E-state index in [0.717, 1.165) is 13.0 Å². The molecule has 0 N–H and O–H groups in total. The van der Waals surface area contributed by atoms with Crippen molar-refractivity contribution in [3.05, 3.63) is 24.5 Å². The van der Waals surface area contributed by atoms with Crippen LogP contribution in [0.25, 0.3) is 0 Å². The van der Waals surface area contributed by atoms with E-state index in [9.17, 15) is 0 Å². The molecule has 0 bridgehead atoms. The second-order valence-corrected chi connectivity index (χ2v) is 2.41. The highest BCUT2D eigenvalue weighted by Gasteiger charge is 1.83. The summed E-state index contributed by atoms with van der Waals surface area (Å²) in [6.07, 6.45) is 11.5. The molecule has 0 fully saturated rings. The van der Waals surface area contributed by atoms with Crippen molar-refractivity contribution in [2.75, 3.05) is 6.61 Å². The second kappa shape index (κ2) is 9.28. The van der Waals surface area contributed by atoms with Crippen molar-refractivity contribution in [1.82, 2.24) is 0 Å². The Bertz CT molecular complexity index is 100. The Morgan fingerprint density at radius 3 is 2.55 bits per heavy atom. The quantitative estimate of drug-likeness (QED) is 0.324. The summed E-state index contributed by atoms with van der Waals surface area (Å²) in [6.45, 7) is 4.86. The summed E-state index contributed by atoms with van der Waals surface area (Å²) in [6, 6.07) is 0. The fourth-order valence-electron chi connectivity index (χ4n) is 0.779. The maximum Gasteiger partial charge on any atom is 0.0873 e. The summed E-state index contributed by atoms with van der Waals surface area (Å²) in [5.74, 6) is 0. The average Bonchev–Trinajstić information content (AvgIpc) is 2.03. The van der Waals surface area contributed by atoms with Gasteiger partial charge < -0.3 is 4.74 Å².